The van der Waals surface area contributed by atoms with Crippen molar-refractivity contribution in [3.63, 3.8) is 0 Å². The van der Waals surface area contributed by atoms with Gasteiger partial charge in [0.05, 0.1) is 6.54 Å². The standard InChI is InChI=1S/C10H12N4O2/c1-6-3-8(15)7(4-12-6)10-14-13-9(16-10)5-11-2/h3-4,11H,5H2,1-2H3,(H,12,15). The topological polar surface area (TPSA) is 83.8 Å². The number of H-pyrrole nitrogens is 1. The summed E-state index contributed by atoms with van der Waals surface area (Å²) in [4.78, 5) is 14.6. The Morgan fingerprint density at radius 3 is 3.00 bits per heavy atom. The first-order valence-corrected chi connectivity index (χ1v) is 4.87. The van der Waals surface area contributed by atoms with Gasteiger partial charge in [-0.15, -0.1) is 10.2 Å². The van der Waals surface area contributed by atoms with E-state index in [2.05, 4.69) is 20.5 Å². The molecule has 2 rings (SSSR count). The second kappa shape index (κ2) is 4.28. The number of aryl methyl sites for hydroxylation is 1. The minimum atomic E-state index is -0.129. The monoisotopic (exact) mass is 220 g/mol. The molecular formula is C10H12N4O2. The van der Waals surface area contributed by atoms with E-state index in [0.717, 1.165) is 5.69 Å². The normalized spacial score (nSPS) is 10.6. The fourth-order valence-electron chi connectivity index (χ4n) is 1.33. The second-order valence-corrected chi connectivity index (χ2v) is 3.43. The molecule has 0 aliphatic rings. The van der Waals surface area contributed by atoms with E-state index in [4.69, 9.17) is 4.42 Å². The van der Waals surface area contributed by atoms with Crippen LogP contribution in [0.2, 0.25) is 0 Å². The lowest BCUT2D eigenvalue weighted by molar-refractivity contribution is 0.490. The predicted molar refractivity (Wildman–Crippen MR) is 57.9 cm³/mol. The van der Waals surface area contributed by atoms with Gasteiger partial charge in [0, 0.05) is 18.0 Å². The lowest BCUT2D eigenvalue weighted by atomic mass is 10.2. The summed E-state index contributed by atoms with van der Waals surface area (Å²) in [5.74, 6) is 0.698. The summed E-state index contributed by atoms with van der Waals surface area (Å²) in [5.41, 5.74) is 1.06. The Hall–Kier alpha value is -1.95. The van der Waals surface area contributed by atoms with Gasteiger partial charge in [-0.3, -0.25) is 4.79 Å². The third-order valence-electron chi connectivity index (χ3n) is 2.08. The summed E-state index contributed by atoms with van der Waals surface area (Å²) in [6.07, 6.45) is 1.58. The average molecular weight is 220 g/mol. The third-order valence-corrected chi connectivity index (χ3v) is 2.08. The van der Waals surface area contributed by atoms with Gasteiger partial charge >= 0.3 is 0 Å². The Kier molecular flexibility index (Phi) is 2.82. The molecule has 84 valence electrons. The van der Waals surface area contributed by atoms with Gasteiger partial charge in [-0.25, -0.2) is 0 Å². The van der Waals surface area contributed by atoms with Crippen LogP contribution in [0.4, 0.5) is 0 Å². The summed E-state index contributed by atoms with van der Waals surface area (Å²) in [5, 5.41) is 10.5. The van der Waals surface area contributed by atoms with Crippen LogP contribution in [-0.2, 0) is 6.54 Å². The van der Waals surface area contributed by atoms with Crippen LogP contribution in [0, 0.1) is 6.92 Å². The quantitative estimate of drug-likeness (QED) is 0.784. The molecule has 0 aliphatic carbocycles. The van der Waals surface area contributed by atoms with Crippen molar-refractivity contribution in [2.75, 3.05) is 7.05 Å². The number of nitrogens with one attached hydrogen (secondary N) is 2. The molecule has 16 heavy (non-hydrogen) atoms. The molecule has 2 aromatic heterocycles. The van der Waals surface area contributed by atoms with Crippen molar-refractivity contribution in [2.45, 2.75) is 13.5 Å². The van der Waals surface area contributed by atoms with Crippen molar-refractivity contribution in [3.05, 3.63) is 34.1 Å². The highest BCUT2D eigenvalue weighted by Gasteiger charge is 2.11. The fourth-order valence-corrected chi connectivity index (χ4v) is 1.33. The maximum Gasteiger partial charge on any atom is 0.253 e. The Labute approximate surface area is 91.7 Å². The largest absolute Gasteiger partial charge is 0.419 e. The summed E-state index contributed by atoms with van der Waals surface area (Å²) in [7, 11) is 1.78. The van der Waals surface area contributed by atoms with E-state index < -0.39 is 0 Å². The molecular weight excluding hydrogens is 208 g/mol. The number of aromatic amines is 1. The summed E-state index contributed by atoms with van der Waals surface area (Å²) in [6.45, 7) is 2.29. The van der Waals surface area contributed by atoms with E-state index in [1.165, 1.54) is 6.07 Å². The molecule has 6 nitrogen and oxygen atoms in total. The van der Waals surface area contributed by atoms with E-state index in [1.807, 2.05) is 6.92 Å². The molecule has 0 fully saturated rings. The highest BCUT2D eigenvalue weighted by molar-refractivity contribution is 5.50. The van der Waals surface area contributed by atoms with Crippen molar-refractivity contribution >= 4 is 0 Å². The highest BCUT2D eigenvalue weighted by Crippen LogP contribution is 2.12. The molecule has 0 saturated carbocycles. The van der Waals surface area contributed by atoms with Gasteiger partial charge in [-0.2, -0.15) is 0 Å². The van der Waals surface area contributed by atoms with Crippen molar-refractivity contribution in [2.24, 2.45) is 0 Å². The van der Waals surface area contributed by atoms with E-state index in [1.54, 1.807) is 13.2 Å². The van der Waals surface area contributed by atoms with Crippen molar-refractivity contribution < 1.29 is 4.42 Å². The van der Waals surface area contributed by atoms with Crippen LogP contribution in [0.5, 0.6) is 0 Å². The van der Waals surface area contributed by atoms with Gasteiger partial charge in [0.15, 0.2) is 5.43 Å². The summed E-state index contributed by atoms with van der Waals surface area (Å²) in [6, 6.07) is 1.50. The molecule has 2 heterocycles. The molecule has 0 saturated heterocycles. The first kappa shape index (κ1) is 10.6. The van der Waals surface area contributed by atoms with Gasteiger partial charge in [0.2, 0.25) is 5.89 Å². The van der Waals surface area contributed by atoms with E-state index in [9.17, 15) is 4.79 Å². The smallest absolute Gasteiger partial charge is 0.253 e. The zero-order valence-corrected chi connectivity index (χ0v) is 9.07. The first-order chi connectivity index (χ1) is 7.70. The van der Waals surface area contributed by atoms with Crippen LogP contribution in [-0.4, -0.2) is 22.2 Å². The molecule has 0 bridgehead atoms. The second-order valence-electron chi connectivity index (χ2n) is 3.43. The molecule has 2 aromatic rings. The Bertz CT molecular complexity index is 544. The maximum atomic E-state index is 11.6. The molecule has 0 spiro atoms. The van der Waals surface area contributed by atoms with Crippen LogP contribution in [0.15, 0.2) is 21.5 Å². The predicted octanol–water partition coefficient (Wildman–Crippen LogP) is 0.453. The number of hydrogen-bond donors (Lipinski definition) is 2. The molecule has 6 heteroatoms. The fraction of sp³-hybridized carbons (Fsp3) is 0.300. The van der Waals surface area contributed by atoms with Crippen LogP contribution >= 0.6 is 0 Å². The molecule has 2 N–H and O–H groups in total. The van der Waals surface area contributed by atoms with Gasteiger partial charge in [0.1, 0.15) is 5.56 Å². The van der Waals surface area contributed by atoms with Crippen molar-refractivity contribution in [1.82, 2.24) is 20.5 Å². The zero-order valence-electron chi connectivity index (χ0n) is 9.07. The molecule has 0 radical (unpaired) electrons. The molecule has 0 aromatic carbocycles. The van der Waals surface area contributed by atoms with E-state index in [-0.39, 0.29) is 11.3 Å². The first-order valence-electron chi connectivity index (χ1n) is 4.87. The van der Waals surface area contributed by atoms with Gasteiger partial charge in [0.25, 0.3) is 5.89 Å². The summed E-state index contributed by atoms with van der Waals surface area (Å²) < 4.78 is 5.33. The number of pyridine rings is 1. The van der Waals surface area contributed by atoms with E-state index >= 15 is 0 Å². The number of rotatable bonds is 3. The van der Waals surface area contributed by atoms with Crippen LogP contribution in [0.3, 0.4) is 0 Å². The van der Waals surface area contributed by atoms with Crippen LogP contribution in [0.1, 0.15) is 11.6 Å². The minimum absolute atomic E-state index is 0.129. The maximum absolute atomic E-state index is 11.6. The molecule has 0 amide bonds. The van der Waals surface area contributed by atoms with Gasteiger partial charge < -0.3 is 14.7 Å². The Morgan fingerprint density at radius 1 is 1.50 bits per heavy atom. The SMILES string of the molecule is CNCc1nnc(-c2c[nH]c(C)cc2=O)o1. The van der Waals surface area contributed by atoms with Crippen molar-refractivity contribution in [3.8, 4) is 11.5 Å². The zero-order chi connectivity index (χ0) is 11.5. The minimum Gasteiger partial charge on any atom is -0.419 e. The molecule has 0 aliphatic heterocycles. The van der Waals surface area contributed by atoms with Crippen LogP contribution in [0.25, 0.3) is 11.5 Å². The highest BCUT2D eigenvalue weighted by atomic mass is 16.4. The Morgan fingerprint density at radius 2 is 2.31 bits per heavy atom. The van der Waals surface area contributed by atoms with Crippen LogP contribution < -0.4 is 10.7 Å². The number of hydrogen-bond acceptors (Lipinski definition) is 5. The van der Waals surface area contributed by atoms with Gasteiger partial charge in [-0.1, -0.05) is 0 Å². The third kappa shape index (κ3) is 2.01. The van der Waals surface area contributed by atoms with E-state index in [0.29, 0.717) is 18.0 Å². The average Bonchev–Trinajstić information content (AvgIpc) is 2.67. The van der Waals surface area contributed by atoms with Gasteiger partial charge in [-0.05, 0) is 14.0 Å². The number of nitrogens with zero attached hydrogens (tertiary/aromatic N) is 2. The lowest BCUT2D eigenvalue weighted by Crippen LogP contribution is -2.05. The molecule has 0 unspecified atom stereocenters. The number of aromatic nitrogens is 3. The lowest BCUT2D eigenvalue weighted by Gasteiger charge is -1.95. The summed E-state index contributed by atoms with van der Waals surface area (Å²) >= 11 is 0. The Balaban J connectivity index is 2.39. The molecule has 0 atom stereocenters. The van der Waals surface area contributed by atoms with Crippen molar-refractivity contribution in [1.29, 1.82) is 0 Å².